The molecule has 1 aromatic heterocycles. The van der Waals surface area contributed by atoms with Gasteiger partial charge in [-0.15, -0.1) is 0 Å². The van der Waals surface area contributed by atoms with Crippen molar-refractivity contribution in [3.8, 4) is 0 Å². The van der Waals surface area contributed by atoms with E-state index in [0.717, 1.165) is 23.9 Å². The van der Waals surface area contributed by atoms with Crippen LogP contribution in [0, 0.1) is 5.92 Å². The minimum atomic E-state index is -0.331. The van der Waals surface area contributed by atoms with E-state index in [-0.39, 0.29) is 24.3 Å². The minimum absolute atomic E-state index is 0.0206. The summed E-state index contributed by atoms with van der Waals surface area (Å²) in [6.45, 7) is 2.04. The third kappa shape index (κ3) is 4.04. The number of nitrogens with one attached hydrogen (secondary N) is 2. The second-order valence-corrected chi connectivity index (χ2v) is 6.52. The highest BCUT2D eigenvalue weighted by atomic mass is 35.5. The van der Waals surface area contributed by atoms with Crippen molar-refractivity contribution in [1.29, 1.82) is 0 Å². The van der Waals surface area contributed by atoms with Crippen molar-refractivity contribution in [3.63, 3.8) is 0 Å². The summed E-state index contributed by atoms with van der Waals surface area (Å²) in [5.74, 6) is 0.356. The molecule has 0 saturated carbocycles. The molecule has 0 unspecified atom stereocenters. The summed E-state index contributed by atoms with van der Waals surface area (Å²) in [7, 11) is 0. The number of hydrogen-bond donors (Lipinski definition) is 3. The fourth-order valence-corrected chi connectivity index (χ4v) is 3.18. The number of aromatic nitrogens is 2. The molecule has 7 nitrogen and oxygen atoms in total. The molecule has 4 N–H and O–H groups in total. The summed E-state index contributed by atoms with van der Waals surface area (Å²) in [6, 6.07) is 5.44. The van der Waals surface area contributed by atoms with E-state index in [4.69, 9.17) is 17.3 Å². The van der Waals surface area contributed by atoms with Gasteiger partial charge in [-0.05, 0) is 44.1 Å². The van der Waals surface area contributed by atoms with Crippen LogP contribution in [0.1, 0.15) is 18.7 Å². The zero-order valence-electron chi connectivity index (χ0n) is 13.2. The van der Waals surface area contributed by atoms with Gasteiger partial charge in [0.2, 0.25) is 11.8 Å². The first-order valence-electron chi connectivity index (χ1n) is 7.94. The molecule has 0 aliphatic carbocycles. The number of halogens is 1. The predicted octanol–water partition coefficient (Wildman–Crippen LogP) is 1.03. The Morgan fingerprint density at radius 3 is 2.83 bits per heavy atom. The van der Waals surface area contributed by atoms with Crippen molar-refractivity contribution in [2.45, 2.75) is 19.4 Å². The number of H-pyrrole nitrogens is 1. The topological polar surface area (TPSA) is 104 Å². The Morgan fingerprint density at radius 2 is 2.12 bits per heavy atom. The predicted molar refractivity (Wildman–Crippen MR) is 91.3 cm³/mol. The molecule has 0 spiro atoms. The van der Waals surface area contributed by atoms with E-state index in [2.05, 4.69) is 15.3 Å². The van der Waals surface area contributed by atoms with E-state index < -0.39 is 0 Å². The maximum absolute atomic E-state index is 12.3. The average molecular weight is 350 g/mol. The second-order valence-electron chi connectivity index (χ2n) is 6.08. The Morgan fingerprint density at radius 1 is 1.38 bits per heavy atom. The number of likely N-dealkylation sites (tertiary alicyclic amines) is 1. The summed E-state index contributed by atoms with van der Waals surface area (Å²) in [5.41, 5.74) is 6.87. The number of fused-ring (bicyclic) bond motifs is 1. The molecule has 3 rings (SSSR count). The smallest absolute Gasteiger partial charge is 0.231 e. The van der Waals surface area contributed by atoms with Crippen LogP contribution in [0.4, 0.5) is 0 Å². The lowest BCUT2D eigenvalue weighted by Gasteiger charge is -2.30. The van der Waals surface area contributed by atoms with E-state index in [1.165, 1.54) is 0 Å². The normalized spacial score (nSPS) is 16.4. The number of piperidine rings is 1. The van der Waals surface area contributed by atoms with E-state index in [9.17, 15) is 9.59 Å². The van der Waals surface area contributed by atoms with Crippen LogP contribution in [0.3, 0.4) is 0 Å². The first-order chi connectivity index (χ1) is 11.5. The van der Waals surface area contributed by atoms with Gasteiger partial charge in [0, 0.05) is 10.9 Å². The lowest BCUT2D eigenvalue weighted by atomic mass is 9.96. The highest BCUT2D eigenvalue weighted by Gasteiger charge is 2.25. The van der Waals surface area contributed by atoms with Gasteiger partial charge in [0.25, 0.3) is 0 Å². The van der Waals surface area contributed by atoms with Gasteiger partial charge in [-0.2, -0.15) is 0 Å². The van der Waals surface area contributed by atoms with Crippen molar-refractivity contribution in [2.75, 3.05) is 19.6 Å². The van der Waals surface area contributed by atoms with Crippen LogP contribution < -0.4 is 11.1 Å². The van der Waals surface area contributed by atoms with Crippen molar-refractivity contribution in [1.82, 2.24) is 20.2 Å². The second kappa shape index (κ2) is 7.19. The number of nitrogens with two attached hydrogens (primary N) is 1. The number of carbonyl (C=O) groups excluding carboxylic acids is 2. The molecule has 24 heavy (non-hydrogen) atoms. The van der Waals surface area contributed by atoms with Crippen molar-refractivity contribution in [2.24, 2.45) is 11.7 Å². The molecule has 1 aromatic carbocycles. The molecule has 128 valence electrons. The molecule has 8 heteroatoms. The third-order valence-corrected chi connectivity index (χ3v) is 4.50. The zero-order valence-corrected chi connectivity index (χ0v) is 14.0. The molecule has 1 aliphatic rings. The van der Waals surface area contributed by atoms with E-state index in [1.54, 1.807) is 6.07 Å². The van der Waals surface area contributed by atoms with E-state index in [1.807, 2.05) is 17.0 Å². The van der Waals surface area contributed by atoms with Gasteiger partial charge in [0.1, 0.15) is 5.82 Å². The molecule has 0 bridgehead atoms. The summed E-state index contributed by atoms with van der Waals surface area (Å²) in [5, 5.41) is 3.57. The van der Waals surface area contributed by atoms with Gasteiger partial charge in [0.05, 0.1) is 24.1 Å². The fraction of sp³-hybridized carbons (Fsp3) is 0.438. The Balaban J connectivity index is 1.51. The molecule has 2 aromatic rings. The van der Waals surface area contributed by atoms with Crippen LogP contribution >= 0.6 is 11.6 Å². The molecular weight excluding hydrogens is 330 g/mol. The van der Waals surface area contributed by atoms with Crippen LogP contribution in [0.5, 0.6) is 0 Å². The highest BCUT2D eigenvalue weighted by molar-refractivity contribution is 6.31. The van der Waals surface area contributed by atoms with Crippen molar-refractivity contribution >= 4 is 34.4 Å². The Kier molecular flexibility index (Phi) is 5.01. The third-order valence-electron chi connectivity index (χ3n) is 4.26. The molecule has 1 saturated heterocycles. The number of amides is 2. The van der Waals surface area contributed by atoms with Gasteiger partial charge in [-0.1, -0.05) is 11.6 Å². The van der Waals surface area contributed by atoms with Crippen molar-refractivity contribution in [3.05, 3.63) is 29.0 Å². The molecular formula is C16H20ClN5O2. The van der Waals surface area contributed by atoms with Gasteiger partial charge >= 0.3 is 0 Å². The lowest BCUT2D eigenvalue weighted by molar-refractivity contribution is -0.126. The number of aromatic amines is 1. The fourth-order valence-electron chi connectivity index (χ4n) is 3.01. The van der Waals surface area contributed by atoms with Crippen LogP contribution in [0.25, 0.3) is 11.0 Å². The largest absolute Gasteiger partial charge is 0.369 e. The summed E-state index contributed by atoms with van der Waals surface area (Å²) in [6.07, 6.45) is 1.46. The molecule has 2 heterocycles. The number of carbonyl (C=O) groups is 2. The van der Waals surface area contributed by atoms with Gasteiger partial charge in [0.15, 0.2) is 0 Å². The van der Waals surface area contributed by atoms with Gasteiger partial charge < -0.3 is 16.0 Å². The quantitative estimate of drug-likeness (QED) is 0.749. The molecule has 2 amide bonds. The van der Waals surface area contributed by atoms with Gasteiger partial charge in [-0.25, -0.2) is 4.98 Å². The lowest BCUT2D eigenvalue weighted by Crippen LogP contribution is -2.43. The van der Waals surface area contributed by atoms with Gasteiger partial charge in [-0.3, -0.25) is 14.5 Å². The standard InChI is InChI=1S/C16H20ClN5O2/c17-11-1-2-12-13(7-11)21-15(20-12)8-19-16(24)10-3-5-22(6-4-10)9-14(18)23/h1-2,7,10H,3-6,8-9H2,(H2,18,23)(H,19,24)(H,20,21). The van der Waals surface area contributed by atoms with E-state index in [0.29, 0.717) is 30.5 Å². The molecule has 1 fully saturated rings. The Bertz CT molecular complexity index is 752. The van der Waals surface area contributed by atoms with Crippen LogP contribution in [0.15, 0.2) is 18.2 Å². The number of rotatable bonds is 5. The maximum Gasteiger partial charge on any atom is 0.231 e. The number of primary amides is 1. The first kappa shape index (κ1) is 16.7. The SMILES string of the molecule is NC(=O)CN1CCC(C(=O)NCc2nc3ccc(Cl)cc3[nH]2)CC1. The number of nitrogens with zero attached hydrogens (tertiary/aromatic N) is 2. The Labute approximate surface area is 144 Å². The summed E-state index contributed by atoms with van der Waals surface area (Å²) < 4.78 is 0. The van der Waals surface area contributed by atoms with Crippen LogP contribution in [-0.4, -0.2) is 46.3 Å². The molecule has 1 aliphatic heterocycles. The van der Waals surface area contributed by atoms with Crippen LogP contribution in [-0.2, 0) is 16.1 Å². The maximum atomic E-state index is 12.3. The highest BCUT2D eigenvalue weighted by Crippen LogP contribution is 2.18. The van der Waals surface area contributed by atoms with Crippen LogP contribution in [0.2, 0.25) is 5.02 Å². The number of hydrogen-bond acceptors (Lipinski definition) is 4. The first-order valence-corrected chi connectivity index (χ1v) is 8.31. The summed E-state index contributed by atoms with van der Waals surface area (Å²) in [4.78, 5) is 32.8. The van der Waals surface area contributed by atoms with E-state index >= 15 is 0 Å². The molecule has 0 radical (unpaired) electrons. The average Bonchev–Trinajstić information content (AvgIpc) is 2.94. The van der Waals surface area contributed by atoms with Crippen molar-refractivity contribution < 1.29 is 9.59 Å². The number of benzene rings is 1. The summed E-state index contributed by atoms with van der Waals surface area (Å²) >= 11 is 5.95. The monoisotopic (exact) mass is 349 g/mol. The number of imidazole rings is 1. The Hall–Kier alpha value is -2.12. The zero-order chi connectivity index (χ0) is 17.1. The molecule has 0 atom stereocenters. The minimum Gasteiger partial charge on any atom is -0.369 e.